The van der Waals surface area contributed by atoms with Crippen molar-refractivity contribution in [2.24, 2.45) is 0 Å². The summed E-state index contributed by atoms with van der Waals surface area (Å²) in [6, 6.07) is 3.67. The van der Waals surface area contributed by atoms with Gasteiger partial charge in [0.25, 0.3) is 5.95 Å². The van der Waals surface area contributed by atoms with Gasteiger partial charge in [0.15, 0.2) is 5.82 Å². The summed E-state index contributed by atoms with van der Waals surface area (Å²) in [5.74, 6) is -3.29. The Morgan fingerprint density at radius 1 is 0.857 bits per heavy atom. The molecule has 0 amide bonds. The fourth-order valence-corrected chi connectivity index (χ4v) is 1.92. The third-order valence-electron chi connectivity index (χ3n) is 2.87. The van der Waals surface area contributed by atoms with Crippen LogP contribution in [0.25, 0.3) is 11.1 Å². The van der Waals surface area contributed by atoms with Crippen LogP contribution in [0.15, 0.2) is 18.2 Å². The average Bonchev–Trinajstić information content (AvgIpc) is 2.49. The molecule has 1 aromatic carbocycles. The number of benzene rings is 1. The molecule has 0 fully saturated rings. The van der Waals surface area contributed by atoms with Gasteiger partial charge in [0.1, 0.15) is 17.2 Å². The number of nitrogens with zero attached hydrogens (tertiary/aromatic N) is 1. The Morgan fingerprint density at radius 3 is 1.90 bits per heavy atom. The maximum Gasteiger partial charge on any atom is 0.252 e. The molecule has 2 rings (SSSR count). The van der Waals surface area contributed by atoms with Gasteiger partial charge in [-0.15, -0.1) is 0 Å². The molecule has 0 N–H and O–H groups in total. The van der Waals surface area contributed by atoms with Crippen molar-refractivity contribution < 1.29 is 27.4 Å². The zero-order valence-corrected chi connectivity index (χ0v) is 11.5. The molecule has 0 saturated heterocycles. The highest BCUT2D eigenvalue weighted by Gasteiger charge is 2.22. The van der Waals surface area contributed by atoms with Crippen LogP contribution < -0.4 is 14.2 Å². The minimum atomic E-state index is -1.54. The molecule has 0 radical (unpaired) electrons. The summed E-state index contributed by atoms with van der Waals surface area (Å²) in [6.07, 6.45) is 0. The lowest BCUT2D eigenvalue weighted by molar-refractivity contribution is 0.376. The Balaban J connectivity index is 2.79. The number of methoxy groups -OCH3 is 3. The molecule has 0 aliphatic carbocycles. The van der Waals surface area contributed by atoms with Gasteiger partial charge < -0.3 is 14.2 Å². The van der Waals surface area contributed by atoms with E-state index in [-0.39, 0.29) is 22.6 Å². The van der Waals surface area contributed by atoms with E-state index in [9.17, 15) is 13.2 Å². The van der Waals surface area contributed by atoms with E-state index in [1.165, 1.54) is 33.5 Å². The smallest absolute Gasteiger partial charge is 0.252 e. The summed E-state index contributed by atoms with van der Waals surface area (Å²) >= 11 is 0. The van der Waals surface area contributed by atoms with Gasteiger partial charge >= 0.3 is 0 Å². The molecule has 21 heavy (non-hydrogen) atoms. The highest BCUT2D eigenvalue weighted by Crippen LogP contribution is 2.42. The van der Waals surface area contributed by atoms with Crippen LogP contribution in [-0.2, 0) is 0 Å². The molecule has 0 unspecified atom stereocenters. The van der Waals surface area contributed by atoms with Crippen molar-refractivity contribution in [3.8, 4) is 28.4 Å². The Bertz CT molecular complexity index is 652. The lowest BCUT2D eigenvalue weighted by Gasteiger charge is -2.15. The van der Waals surface area contributed by atoms with E-state index in [1.54, 1.807) is 0 Å². The molecule has 2 aromatic rings. The minimum Gasteiger partial charge on any atom is -0.496 e. The molecule has 0 aliphatic heterocycles. The lowest BCUT2D eigenvalue weighted by atomic mass is 10.0. The van der Waals surface area contributed by atoms with Crippen LogP contribution in [0.2, 0.25) is 0 Å². The third-order valence-corrected chi connectivity index (χ3v) is 2.87. The first-order valence-corrected chi connectivity index (χ1v) is 5.83. The van der Waals surface area contributed by atoms with Gasteiger partial charge in [-0.05, 0) is 0 Å². The molecule has 0 atom stereocenters. The molecule has 0 saturated carbocycles. The van der Waals surface area contributed by atoms with E-state index >= 15 is 0 Å². The first-order chi connectivity index (χ1) is 10.0. The quantitative estimate of drug-likeness (QED) is 0.813. The molecule has 1 aromatic heterocycles. The Kier molecular flexibility index (Phi) is 4.21. The molecule has 1 heterocycles. The largest absolute Gasteiger partial charge is 0.496 e. The van der Waals surface area contributed by atoms with Crippen molar-refractivity contribution in [3.05, 3.63) is 35.9 Å². The monoisotopic (exact) mass is 299 g/mol. The summed E-state index contributed by atoms with van der Waals surface area (Å²) in [4.78, 5) is 2.79. The van der Waals surface area contributed by atoms with Gasteiger partial charge in [0.05, 0.1) is 26.9 Å². The number of hydrogen-bond donors (Lipinski definition) is 0. The number of rotatable bonds is 4. The van der Waals surface area contributed by atoms with Crippen molar-refractivity contribution in [1.29, 1.82) is 0 Å². The van der Waals surface area contributed by atoms with Gasteiger partial charge in [0.2, 0.25) is 5.95 Å². The molecular formula is C14H12F3NO3. The summed E-state index contributed by atoms with van der Waals surface area (Å²) in [6.45, 7) is 0. The summed E-state index contributed by atoms with van der Waals surface area (Å²) in [7, 11) is 4.10. The fourth-order valence-electron chi connectivity index (χ4n) is 1.92. The van der Waals surface area contributed by atoms with E-state index in [0.717, 1.165) is 6.07 Å². The van der Waals surface area contributed by atoms with Crippen molar-refractivity contribution in [1.82, 2.24) is 4.98 Å². The highest BCUT2D eigenvalue weighted by atomic mass is 19.2. The van der Waals surface area contributed by atoms with Crippen LogP contribution in [0, 0.1) is 17.7 Å². The second-order valence-electron chi connectivity index (χ2n) is 4.00. The predicted molar refractivity (Wildman–Crippen MR) is 69.2 cm³/mol. The highest BCUT2D eigenvalue weighted by molar-refractivity contribution is 5.78. The zero-order valence-electron chi connectivity index (χ0n) is 11.5. The number of halogens is 3. The van der Waals surface area contributed by atoms with Crippen LogP contribution in [0.4, 0.5) is 13.2 Å². The van der Waals surface area contributed by atoms with E-state index in [0.29, 0.717) is 5.75 Å². The maximum absolute atomic E-state index is 13.9. The van der Waals surface area contributed by atoms with Gasteiger partial charge in [-0.1, -0.05) is 0 Å². The zero-order chi connectivity index (χ0) is 15.6. The molecule has 112 valence electrons. The van der Waals surface area contributed by atoms with Crippen LogP contribution in [0.3, 0.4) is 0 Å². The van der Waals surface area contributed by atoms with Gasteiger partial charge in [0, 0.05) is 23.8 Å². The predicted octanol–water partition coefficient (Wildman–Crippen LogP) is 3.19. The van der Waals surface area contributed by atoms with E-state index in [2.05, 4.69) is 4.98 Å². The van der Waals surface area contributed by atoms with E-state index in [4.69, 9.17) is 14.2 Å². The van der Waals surface area contributed by atoms with Crippen molar-refractivity contribution in [3.63, 3.8) is 0 Å². The summed E-state index contributed by atoms with van der Waals surface area (Å²) < 4.78 is 55.8. The van der Waals surface area contributed by atoms with Gasteiger partial charge in [-0.2, -0.15) is 13.8 Å². The molecule has 4 nitrogen and oxygen atoms in total. The Morgan fingerprint density at radius 2 is 1.43 bits per heavy atom. The molecule has 0 aliphatic rings. The maximum atomic E-state index is 13.9. The van der Waals surface area contributed by atoms with Crippen molar-refractivity contribution in [2.75, 3.05) is 21.3 Å². The number of hydrogen-bond acceptors (Lipinski definition) is 4. The second kappa shape index (κ2) is 5.90. The van der Waals surface area contributed by atoms with Crippen LogP contribution in [0.5, 0.6) is 17.2 Å². The van der Waals surface area contributed by atoms with Crippen molar-refractivity contribution >= 4 is 0 Å². The minimum absolute atomic E-state index is 0.0681. The second-order valence-corrected chi connectivity index (χ2v) is 4.00. The number of aromatic nitrogens is 1. The van der Waals surface area contributed by atoms with Crippen molar-refractivity contribution in [2.45, 2.75) is 0 Å². The number of pyridine rings is 1. The lowest BCUT2D eigenvalue weighted by Crippen LogP contribution is -2.01. The van der Waals surface area contributed by atoms with Crippen LogP contribution in [-0.4, -0.2) is 26.3 Å². The summed E-state index contributed by atoms with van der Waals surface area (Å²) in [5, 5.41) is 0. The third kappa shape index (κ3) is 2.72. The van der Waals surface area contributed by atoms with Gasteiger partial charge in [-0.3, -0.25) is 0 Å². The first kappa shape index (κ1) is 15.0. The van der Waals surface area contributed by atoms with Gasteiger partial charge in [-0.25, -0.2) is 4.39 Å². The van der Waals surface area contributed by atoms with Crippen LogP contribution >= 0.6 is 0 Å². The SMILES string of the molecule is COc1cc(OC)c(-c2cc(F)nc(F)c2F)c(OC)c1. The number of ether oxygens (including phenoxy) is 3. The molecule has 0 spiro atoms. The average molecular weight is 299 g/mol. The summed E-state index contributed by atoms with van der Waals surface area (Å²) in [5.41, 5.74) is -0.283. The Hall–Kier alpha value is -2.44. The Labute approximate surface area is 119 Å². The normalized spacial score (nSPS) is 10.4. The topological polar surface area (TPSA) is 40.6 Å². The van der Waals surface area contributed by atoms with E-state index in [1.807, 2.05) is 0 Å². The standard InChI is InChI=1S/C14H12F3NO3/c1-19-7-4-9(20-2)12(10(5-7)21-3)8-6-11(15)18-14(17)13(8)16/h4-6H,1-3H3. The molecular weight excluding hydrogens is 287 g/mol. The molecule has 7 heteroatoms. The van der Waals surface area contributed by atoms with Crippen LogP contribution in [0.1, 0.15) is 0 Å². The first-order valence-electron chi connectivity index (χ1n) is 5.83. The molecule has 0 bridgehead atoms. The van der Waals surface area contributed by atoms with E-state index < -0.39 is 17.7 Å². The fraction of sp³-hybridized carbons (Fsp3) is 0.214.